The summed E-state index contributed by atoms with van der Waals surface area (Å²) in [4.78, 5) is 0. The van der Waals surface area contributed by atoms with Crippen LogP contribution in [0, 0.1) is 0 Å². The molecule has 0 heterocycles. The Kier molecular flexibility index (Phi) is 5.89. The molecule has 1 N–H and O–H groups in total. The lowest BCUT2D eigenvalue weighted by atomic mass is 10.2. The van der Waals surface area contributed by atoms with Gasteiger partial charge in [0.25, 0.3) is 0 Å². The van der Waals surface area contributed by atoms with E-state index in [9.17, 15) is 0 Å². The van der Waals surface area contributed by atoms with Crippen LogP contribution >= 0.6 is 27.5 Å². The largest absolute Gasteiger partial charge is 0.489 e. The molecule has 0 radical (unpaired) electrons. The second-order valence-electron chi connectivity index (χ2n) is 4.45. The third kappa shape index (κ3) is 4.51. The summed E-state index contributed by atoms with van der Waals surface area (Å²) in [7, 11) is 0. The van der Waals surface area contributed by atoms with Crippen molar-refractivity contribution in [1.29, 1.82) is 0 Å². The van der Waals surface area contributed by atoms with E-state index in [2.05, 4.69) is 34.2 Å². The standard InChI is InChI=1S/C16H17BrClNO/c1-2-19-10-13-9-14(17)6-7-16(13)20-11-12-4-3-5-15(18)8-12/h3-9,19H,2,10-11H2,1H3. The van der Waals surface area contributed by atoms with Gasteiger partial charge >= 0.3 is 0 Å². The van der Waals surface area contributed by atoms with E-state index in [4.69, 9.17) is 16.3 Å². The van der Waals surface area contributed by atoms with Crippen LogP contribution in [0.5, 0.6) is 5.75 Å². The number of ether oxygens (including phenoxy) is 1. The highest BCUT2D eigenvalue weighted by molar-refractivity contribution is 9.10. The first kappa shape index (κ1) is 15.4. The fourth-order valence-corrected chi connectivity index (χ4v) is 2.50. The lowest BCUT2D eigenvalue weighted by Crippen LogP contribution is -2.13. The number of halogens is 2. The summed E-state index contributed by atoms with van der Waals surface area (Å²) < 4.78 is 6.97. The van der Waals surface area contributed by atoms with Crippen molar-refractivity contribution in [3.8, 4) is 5.75 Å². The Morgan fingerprint density at radius 2 is 2.05 bits per heavy atom. The Bertz CT molecular complexity index is 574. The molecule has 20 heavy (non-hydrogen) atoms. The quantitative estimate of drug-likeness (QED) is 0.805. The average Bonchev–Trinajstić information content (AvgIpc) is 2.44. The molecule has 106 valence electrons. The van der Waals surface area contributed by atoms with E-state index in [1.54, 1.807) is 0 Å². The molecule has 0 spiro atoms. The number of rotatable bonds is 6. The monoisotopic (exact) mass is 353 g/mol. The normalized spacial score (nSPS) is 10.6. The van der Waals surface area contributed by atoms with Gasteiger partial charge in [-0.05, 0) is 42.4 Å². The number of nitrogens with one attached hydrogen (secondary N) is 1. The molecule has 0 saturated carbocycles. The molecule has 0 amide bonds. The molecule has 2 nitrogen and oxygen atoms in total. The highest BCUT2D eigenvalue weighted by Gasteiger charge is 2.05. The molecule has 0 atom stereocenters. The predicted octanol–water partition coefficient (Wildman–Crippen LogP) is 4.79. The second-order valence-corrected chi connectivity index (χ2v) is 5.80. The molecule has 0 bridgehead atoms. The Balaban J connectivity index is 2.08. The second kappa shape index (κ2) is 7.67. The van der Waals surface area contributed by atoms with E-state index in [-0.39, 0.29) is 0 Å². The average molecular weight is 355 g/mol. The minimum Gasteiger partial charge on any atom is -0.489 e. The lowest BCUT2D eigenvalue weighted by Gasteiger charge is -2.12. The molecule has 0 aromatic heterocycles. The van der Waals surface area contributed by atoms with Crippen LogP contribution in [0.4, 0.5) is 0 Å². The van der Waals surface area contributed by atoms with Crippen LogP contribution in [0.25, 0.3) is 0 Å². The minimum atomic E-state index is 0.515. The van der Waals surface area contributed by atoms with Crippen LogP contribution < -0.4 is 10.1 Å². The van der Waals surface area contributed by atoms with E-state index in [0.717, 1.165) is 39.5 Å². The molecule has 0 fully saturated rings. The summed E-state index contributed by atoms with van der Waals surface area (Å²) in [6.45, 7) is 4.33. The lowest BCUT2D eigenvalue weighted by molar-refractivity contribution is 0.302. The van der Waals surface area contributed by atoms with Crippen LogP contribution in [0.15, 0.2) is 46.9 Å². The number of benzene rings is 2. The first-order chi connectivity index (χ1) is 9.69. The maximum Gasteiger partial charge on any atom is 0.124 e. The molecule has 0 saturated heterocycles. The molecule has 2 aromatic carbocycles. The van der Waals surface area contributed by atoms with Gasteiger partial charge in [0.15, 0.2) is 0 Å². The summed E-state index contributed by atoms with van der Waals surface area (Å²) in [5.41, 5.74) is 2.21. The van der Waals surface area contributed by atoms with Crippen molar-refractivity contribution < 1.29 is 4.74 Å². The van der Waals surface area contributed by atoms with Gasteiger partial charge in [-0.25, -0.2) is 0 Å². The van der Waals surface area contributed by atoms with Crippen molar-refractivity contribution in [3.63, 3.8) is 0 Å². The highest BCUT2D eigenvalue weighted by Crippen LogP contribution is 2.24. The van der Waals surface area contributed by atoms with E-state index in [1.807, 2.05) is 36.4 Å². The Morgan fingerprint density at radius 3 is 2.80 bits per heavy atom. The van der Waals surface area contributed by atoms with Gasteiger partial charge in [-0.1, -0.05) is 46.6 Å². The predicted molar refractivity (Wildman–Crippen MR) is 87.3 cm³/mol. The van der Waals surface area contributed by atoms with E-state index >= 15 is 0 Å². The fraction of sp³-hybridized carbons (Fsp3) is 0.250. The molecule has 2 aromatic rings. The van der Waals surface area contributed by atoms with Gasteiger partial charge in [0.2, 0.25) is 0 Å². The summed E-state index contributed by atoms with van der Waals surface area (Å²) in [6.07, 6.45) is 0. The maximum atomic E-state index is 5.98. The van der Waals surface area contributed by atoms with Crippen LogP contribution in [0.1, 0.15) is 18.1 Å². The van der Waals surface area contributed by atoms with Gasteiger partial charge < -0.3 is 10.1 Å². The van der Waals surface area contributed by atoms with Gasteiger partial charge in [0.05, 0.1) is 0 Å². The zero-order valence-electron chi connectivity index (χ0n) is 11.3. The first-order valence-electron chi connectivity index (χ1n) is 6.55. The summed E-state index contributed by atoms with van der Waals surface area (Å²) in [5, 5.41) is 4.05. The summed E-state index contributed by atoms with van der Waals surface area (Å²) >= 11 is 9.47. The van der Waals surface area contributed by atoms with E-state index in [1.165, 1.54) is 0 Å². The zero-order valence-corrected chi connectivity index (χ0v) is 13.7. The Labute approximate surface area is 133 Å². The molecular formula is C16H17BrClNO. The topological polar surface area (TPSA) is 21.3 Å². The van der Waals surface area contributed by atoms with Gasteiger partial charge in [-0.3, -0.25) is 0 Å². The van der Waals surface area contributed by atoms with Crippen LogP contribution in [-0.2, 0) is 13.2 Å². The molecule has 0 aliphatic rings. The van der Waals surface area contributed by atoms with Crippen LogP contribution in [0.2, 0.25) is 5.02 Å². The minimum absolute atomic E-state index is 0.515. The zero-order chi connectivity index (χ0) is 14.4. The van der Waals surface area contributed by atoms with Crippen molar-refractivity contribution in [1.82, 2.24) is 5.32 Å². The number of hydrogen-bond donors (Lipinski definition) is 1. The van der Waals surface area contributed by atoms with Gasteiger partial charge in [0, 0.05) is 21.6 Å². The molecule has 0 aliphatic heterocycles. The van der Waals surface area contributed by atoms with Crippen molar-refractivity contribution in [2.75, 3.05) is 6.54 Å². The van der Waals surface area contributed by atoms with E-state index in [0.29, 0.717) is 6.61 Å². The van der Waals surface area contributed by atoms with Crippen molar-refractivity contribution >= 4 is 27.5 Å². The Hall–Kier alpha value is -1.03. The molecule has 4 heteroatoms. The third-order valence-corrected chi connectivity index (χ3v) is 3.60. The SMILES string of the molecule is CCNCc1cc(Br)ccc1OCc1cccc(Cl)c1. The molecule has 0 unspecified atom stereocenters. The first-order valence-corrected chi connectivity index (χ1v) is 7.72. The van der Waals surface area contributed by atoms with Crippen molar-refractivity contribution in [3.05, 3.63) is 63.1 Å². The number of hydrogen-bond acceptors (Lipinski definition) is 2. The van der Waals surface area contributed by atoms with E-state index < -0.39 is 0 Å². The van der Waals surface area contributed by atoms with Crippen LogP contribution in [0.3, 0.4) is 0 Å². The fourth-order valence-electron chi connectivity index (χ4n) is 1.87. The summed E-state index contributed by atoms with van der Waals surface area (Å²) in [6, 6.07) is 13.8. The van der Waals surface area contributed by atoms with Gasteiger partial charge in [-0.2, -0.15) is 0 Å². The smallest absolute Gasteiger partial charge is 0.124 e. The molecule has 2 rings (SSSR count). The van der Waals surface area contributed by atoms with Gasteiger partial charge in [-0.15, -0.1) is 0 Å². The highest BCUT2D eigenvalue weighted by atomic mass is 79.9. The maximum absolute atomic E-state index is 5.98. The molecule has 0 aliphatic carbocycles. The van der Waals surface area contributed by atoms with Crippen molar-refractivity contribution in [2.24, 2.45) is 0 Å². The van der Waals surface area contributed by atoms with Crippen molar-refractivity contribution in [2.45, 2.75) is 20.1 Å². The molecular weight excluding hydrogens is 338 g/mol. The summed E-state index contributed by atoms with van der Waals surface area (Å²) in [5.74, 6) is 0.897. The van der Waals surface area contributed by atoms with Gasteiger partial charge in [0.1, 0.15) is 12.4 Å². The van der Waals surface area contributed by atoms with Crippen LogP contribution in [-0.4, -0.2) is 6.54 Å². The Morgan fingerprint density at radius 1 is 1.20 bits per heavy atom. The third-order valence-electron chi connectivity index (χ3n) is 2.87.